The van der Waals surface area contributed by atoms with Crippen LogP contribution >= 0.6 is 0 Å². The maximum Gasteiger partial charge on any atom is 0.262 e. The fourth-order valence-electron chi connectivity index (χ4n) is 9.03. The number of carbonyl (C=O) groups is 3. The molecule has 3 fully saturated rings. The highest BCUT2D eigenvalue weighted by atomic mass is 16.5. The number of ether oxygens (including phenoxy) is 4. The Morgan fingerprint density at radius 1 is 0.967 bits per heavy atom. The Kier molecular flexibility index (Phi) is 15.3. The SMILES string of the molecule is Cc1ccccc1OCC(=O)N1CCOC2(CCN(Cc3cccc(CCOCCC(=O)N(CCNCCc4ccc(O)c5c4OCC(=O)N5)C4CCCCC4)c3)CC2)C1. The molecule has 1 spiro atoms. The number of hydrogen-bond acceptors (Lipinski definition) is 10. The number of carbonyl (C=O) groups excluding carboxylic acids is 3. The van der Waals surface area contributed by atoms with Gasteiger partial charge in [-0.3, -0.25) is 19.3 Å². The number of nitrogens with zero attached hydrogens (tertiary/aromatic N) is 3. The lowest BCUT2D eigenvalue weighted by atomic mass is 9.89. The number of likely N-dealkylation sites (tertiary alicyclic amines) is 1. The molecule has 13 heteroatoms. The molecule has 60 heavy (non-hydrogen) atoms. The van der Waals surface area contributed by atoms with Crippen molar-refractivity contribution < 1.29 is 38.4 Å². The number of rotatable bonds is 18. The van der Waals surface area contributed by atoms with Crippen LogP contribution in [0, 0.1) is 6.92 Å². The van der Waals surface area contributed by atoms with E-state index >= 15 is 0 Å². The number of para-hydroxylation sites is 1. The Morgan fingerprint density at radius 2 is 1.78 bits per heavy atom. The lowest BCUT2D eigenvalue weighted by molar-refractivity contribution is -0.161. The zero-order valence-corrected chi connectivity index (χ0v) is 35.3. The number of anilines is 1. The highest BCUT2D eigenvalue weighted by Crippen LogP contribution is 2.39. The Hall–Kier alpha value is -4.69. The van der Waals surface area contributed by atoms with E-state index in [-0.39, 0.29) is 48.3 Å². The van der Waals surface area contributed by atoms with E-state index in [1.165, 1.54) is 17.5 Å². The molecule has 3 amide bonds. The largest absolute Gasteiger partial charge is 0.506 e. The lowest BCUT2D eigenvalue weighted by Gasteiger charge is -2.47. The number of aromatic hydroxyl groups is 1. The summed E-state index contributed by atoms with van der Waals surface area (Å²) in [5.41, 5.74) is 4.46. The van der Waals surface area contributed by atoms with E-state index in [1.54, 1.807) is 6.07 Å². The Labute approximate surface area is 354 Å². The van der Waals surface area contributed by atoms with Crippen LogP contribution in [0.3, 0.4) is 0 Å². The summed E-state index contributed by atoms with van der Waals surface area (Å²) in [7, 11) is 0. The van der Waals surface area contributed by atoms with Gasteiger partial charge in [0.25, 0.3) is 11.8 Å². The van der Waals surface area contributed by atoms with Crippen molar-refractivity contribution in [1.29, 1.82) is 0 Å². The quantitative estimate of drug-likeness (QED) is 0.115. The molecule has 0 aromatic heterocycles. The van der Waals surface area contributed by atoms with Crippen molar-refractivity contribution in [2.24, 2.45) is 0 Å². The first-order valence-electron chi connectivity index (χ1n) is 22.0. The molecule has 0 unspecified atom stereocenters. The fourth-order valence-corrected chi connectivity index (χ4v) is 9.03. The van der Waals surface area contributed by atoms with Gasteiger partial charge in [-0.15, -0.1) is 0 Å². The maximum atomic E-state index is 13.6. The number of morpholine rings is 1. The predicted molar refractivity (Wildman–Crippen MR) is 229 cm³/mol. The summed E-state index contributed by atoms with van der Waals surface area (Å²) in [5.74, 6) is 1.14. The molecule has 3 aliphatic heterocycles. The van der Waals surface area contributed by atoms with Crippen LogP contribution in [0.2, 0.25) is 0 Å². The predicted octanol–water partition coefficient (Wildman–Crippen LogP) is 5.25. The van der Waals surface area contributed by atoms with Crippen LogP contribution in [0.15, 0.2) is 60.7 Å². The smallest absolute Gasteiger partial charge is 0.262 e. The van der Waals surface area contributed by atoms with E-state index in [0.717, 1.165) is 81.5 Å². The van der Waals surface area contributed by atoms with Gasteiger partial charge in [0.15, 0.2) is 19.0 Å². The zero-order chi connectivity index (χ0) is 41.7. The number of piperidine rings is 1. The highest BCUT2D eigenvalue weighted by molar-refractivity contribution is 5.97. The molecule has 1 saturated carbocycles. The molecule has 4 aliphatic rings. The minimum atomic E-state index is -0.299. The van der Waals surface area contributed by atoms with Crippen molar-refractivity contribution in [3.05, 3.63) is 82.9 Å². The van der Waals surface area contributed by atoms with E-state index in [2.05, 4.69) is 44.7 Å². The lowest BCUT2D eigenvalue weighted by Crippen LogP contribution is -2.58. The standard InChI is InChI=1S/C47H63N5O8/c1-35-8-5-6-13-41(35)58-33-44(56)51-26-29-60-47(34-51)19-23-50(24-20-47)31-37-10-7-9-36(30-37)17-27-57-28-18-43(55)52(39-11-3-2-4-12-39)25-22-48-21-16-38-14-15-40(53)45-46(38)59-32-42(54)49-45/h5-10,13-15,30,39,48,53H,2-4,11-12,16-29,31-34H2,1H3,(H,49,54). The molecule has 1 aliphatic carbocycles. The number of benzene rings is 3. The summed E-state index contributed by atoms with van der Waals surface area (Å²) in [6, 6.07) is 20.2. The molecule has 7 rings (SSSR count). The Balaban J connectivity index is 0.800. The summed E-state index contributed by atoms with van der Waals surface area (Å²) >= 11 is 0. The van der Waals surface area contributed by atoms with E-state index in [0.29, 0.717) is 76.8 Å². The van der Waals surface area contributed by atoms with Crippen molar-refractivity contribution in [3.63, 3.8) is 0 Å². The molecule has 3 aromatic rings. The maximum absolute atomic E-state index is 13.6. The van der Waals surface area contributed by atoms with Crippen molar-refractivity contribution in [3.8, 4) is 17.2 Å². The highest BCUT2D eigenvalue weighted by Gasteiger charge is 2.41. The van der Waals surface area contributed by atoms with Crippen LogP contribution in [0.25, 0.3) is 0 Å². The Morgan fingerprint density at radius 3 is 2.62 bits per heavy atom. The minimum Gasteiger partial charge on any atom is -0.506 e. The third-order valence-corrected chi connectivity index (χ3v) is 12.5. The summed E-state index contributed by atoms with van der Waals surface area (Å²) in [6.45, 7) is 9.36. The van der Waals surface area contributed by atoms with Gasteiger partial charge in [-0.1, -0.05) is 67.8 Å². The van der Waals surface area contributed by atoms with Crippen LogP contribution in [-0.4, -0.2) is 128 Å². The van der Waals surface area contributed by atoms with Gasteiger partial charge in [0.2, 0.25) is 5.91 Å². The third kappa shape index (κ3) is 11.8. The molecule has 2 saturated heterocycles. The summed E-state index contributed by atoms with van der Waals surface area (Å²) in [6.07, 6.45) is 9.21. The average molecular weight is 826 g/mol. The van der Waals surface area contributed by atoms with E-state index < -0.39 is 0 Å². The van der Waals surface area contributed by atoms with E-state index in [9.17, 15) is 19.5 Å². The van der Waals surface area contributed by atoms with Gasteiger partial charge in [-0.25, -0.2) is 0 Å². The molecular formula is C47H63N5O8. The normalized spacial score (nSPS) is 18.1. The molecule has 3 heterocycles. The van der Waals surface area contributed by atoms with Crippen molar-refractivity contribution >= 4 is 23.4 Å². The average Bonchev–Trinajstić information content (AvgIpc) is 3.26. The summed E-state index contributed by atoms with van der Waals surface area (Å²) < 4.78 is 23.9. The molecular weight excluding hydrogens is 763 g/mol. The number of phenolic OH excluding ortho intramolecular Hbond substituents is 1. The monoisotopic (exact) mass is 825 g/mol. The molecule has 3 N–H and O–H groups in total. The topological polar surface area (TPSA) is 142 Å². The minimum absolute atomic E-state index is 0.00542. The van der Waals surface area contributed by atoms with E-state index in [1.807, 2.05) is 42.2 Å². The fraction of sp³-hybridized carbons (Fsp3) is 0.553. The molecule has 3 aromatic carbocycles. The van der Waals surface area contributed by atoms with Crippen molar-refractivity contribution in [2.75, 3.05) is 84.2 Å². The second-order valence-corrected chi connectivity index (χ2v) is 16.8. The first kappa shape index (κ1) is 43.4. The number of hydrogen-bond donors (Lipinski definition) is 3. The number of phenols is 1. The number of fused-ring (bicyclic) bond motifs is 1. The van der Waals surface area contributed by atoms with Gasteiger partial charge in [0.1, 0.15) is 17.2 Å². The molecule has 0 bridgehead atoms. The van der Waals surface area contributed by atoms with Gasteiger partial charge in [0, 0.05) is 51.9 Å². The third-order valence-electron chi connectivity index (χ3n) is 12.5. The zero-order valence-electron chi connectivity index (χ0n) is 35.3. The van der Waals surface area contributed by atoms with Crippen LogP contribution in [-0.2, 0) is 43.2 Å². The number of aryl methyl sites for hydroxylation is 1. The second kappa shape index (κ2) is 21.2. The summed E-state index contributed by atoms with van der Waals surface area (Å²) in [4.78, 5) is 44.9. The van der Waals surface area contributed by atoms with Crippen LogP contribution in [0.4, 0.5) is 5.69 Å². The van der Waals surface area contributed by atoms with E-state index in [4.69, 9.17) is 18.9 Å². The van der Waals surface area contributed by atoms with Gasteiger partial charge in [0.05, 0.1) is 31.8 Å². The first-order chi connectivity index (χ1) is 29.2. The van der Waals surface area contributed by atoms with Gasteiger partial charge < -0.3 is 44.5 Å². The van der Waals surface area contributed by atoms with Gasteiger partial charge in [-0.05, 0) is 86.4 Å². The first-order valence-corrected chi connectivity index (χ1v) is 22.0. The number of amides is 3. The number of nitrogens with one attached hydrogen (secondary N) is 2. The molecule has 13 nitrogen and oxygen atoms in total. The molecule has 324 valence electrons. The van der Waals surface area contributed by atoms with Crippen molar-refractivity contribution in [2.45, 2.75) is 89.3 Å². The van der Waals surface area contributed by atoms with Crippen LogP contribution in [0.1, 0.15) is 73.6 Å². The van der Waals surface area contributed by atoms with Gasteiger partial charge in [-0.2, -0.15) is 0 Å². The molecule has 0 radical (unpaired) electrons. The van der Waals surface area contributed by atoms with Crippen LogP contribution in [0.5, 0.6) is 17.2 Å². The van der Waals surface area contributed by atoms with Gasteiger partial charge >= 0.3 is 0 Å². The van der Waals surface area contributed by atoms with Crippen molar-refractivity contribution in [1.82, 2.24) is 20.0 Å². The summed E-state index contributed by atoms with van der Waals surface area (Å²) in [5, 5.41) is 16.3. The molecule has 0 atom stereocenters. The van der Waals surface area contributed by atoms with Crippen LogP contribution < -0.4 is 20.1 Å². The second-order valence-electron chi connectivity index (χ2n) is 16.8. The Bertz CT molecular complexity index is 1910.